The predicted octanol–water partition coefficient (Wildman–Crippen LogP) is 3.33. The number of sulfone groups is 1. The van der Waals surface area contributed by atoms with Crippen molar-refractivity contribution in [2.45, 2.75) is 31.6 Å². The number of amides is 1. The molecule has 0 fully saturated rings. The molecular formula is C24H27N5O4S. The third-order valence-corrected chi connectivity index (χ3v) is 6.49. The molecule has 2 aromatic heterocycles. The molecule has 0 aliphatic heterocycles. The molecule has 10 heteroatoms. The molecule has 2 N–H and O–H groups in total. The van der Waals surface area contributed by atoms with E-state index in [2.05, 4.69) is 33.5 Å². The lowest BCUT2D eigenvalue weighted by Gasteiger charge is -2.09. The van der Waals surface area contributed by atoms with Gasteiger partial charge in [0.15, 0.2) is 21.3 Å². The zero-order valence-electron chi connectivity index (χ0n) is 19.3. The van der Waals surface area contributed by atoms with Crippen molar-refractivity contribution in [1.82, 2.24) is 25.1 Å². The van der Waals surface area contributed by atoms with Crippen LogP contribution in [0.5, 0.6) is 5.75 Å². The van der Waals surface area contributed by atoms with Crippen LogP contribution in [0.4, 0.5) is 0 Å². The van der Waals surface area contributed by atoms with Gasteiger partial charge in [-0.15, -0.1) is 5.10 Å². The Balaban J connectivity index is 1.27. The average molecular weight is 482 g/mol. The summed E-state index contributed by atoms with van der Waals surface area (Å²) in [6, 6.07) is 14.1. The fourth-order valence-corrected chi connectivity index (χ4v) is 4.16. The summed E-state index contributed by atoms with van der Waals surface area (Å²) in [5.74, 6) is 1.09. The summed E-state index contributed by atoms with van der Waals surface area (Å²) < 4.78 is 30.4. The molecule has 0 aliphatic carbocycles. The largest absolute Gasteiger partial charge is 0.493 e. The Labute approximate surface area is 198 Å². The number of aromatic nitrogens is 4. The third-order valence-electron chi connectivity index (χ3n) is 5.36. The van der Waals surface area contributed by atoms with E-state index in [0.29, 0.717) is 35.9 Å². The van der Waals surface area contributed by atoms with Crippen LogP contribution >= 0.6 is 0 Å². The van der Waals surface area contributed by atoms with Gasteiger partial charge in [0.25, 0.3) is 5.91 Å². The normalized spacial score (nSPS) is 11.6. The molecule has 0 saturated carbocycles. The second-order valence-electron chi connectivity index (χ2n) is 8.25. The molecule has 4 rings (SSSR count). The van der Waals surface area contributed by atoms with Crippen molar-refractivity contribution in [3.63, 3.8) is 0 Å². The second kappa shape index (κ2) is 9.68. The van der Waals surface area contributed by atoms with Crippen LogP contribution in [0.3, 0.4) is 0 Å². The molecule has 0 unspecified atom stereocenters. The summed E-state index contributed by atoms with van der Waals surface area (Å²) in [6.07, 6.45) is 2.78. The van der Waals surface area contributed by atoms with E-state index >= 15 is 0 Å². The Morgan fingerprint density at radius 2 is 1.85 bits per heavy atom. The maximum atomic E-state index is 12.4. The number of aromatic amines is 1. The molecule has 2 aromatic carbocycles. The van der Waals surface area contributed by atoms with Crippen LogP contribution in [0.1, 0.15) is 34.5 Å². The number of rotatable bonds is 9. The van der Waals surface area contributed by atoms with Gasteiger partial charge < -0.3 is 10.1 Å². The lowest BCUT2D eigenvalue weighted by molar-refractivity contribution is 0.0946. The van der Waals surface area contributed by atoms with Crippen LogP contribution in [0, 0.1) is 13.8 Å². The van der Waals surface area contributed by atoms with Crippen LogP contribution < -0.4 is 10.1 Å². The van der Waals surface area contributed by atoms with Crippen molar-refractivity contribution >= 4 is 21.4 Å². The maximum Gasteiger partial charge on any atom is 0.269 e. The number of carbonyl (C=O) groups is 1. The van der Waals surface area contributed by atoms with Gasteiger partial charge in [-0.25, -0.2) is 13.4 Å². The van der Waals surface area contributed by atoms with Crippen LogP contribution in [-0.2, 0) is 9.84 Å². The van der Waals surface area contributed by atoms with E-state index in [4.69, 9.17) is 4.74 Å². The number of H-pyrrole nitrogens is 1. The molecule has 0 radical (unpaired) electrons. The van der Waals surface area contributed by atoms with E-state index in [-0.39, 0.29) is 10.8 Å². The number of hydrogen-bond donors (Lipinski definition) is 2. The summed E-state index contributed by atoms with van der Waals surface area (Å²) >= 11 is 0. The van der Waals surface area contributed by atoms with Crippen LogP contribution in [0.2, 0.25) is 0 Å². The molecule has 0 atom stereocenters. The summed E-state index contributed by atoms with van der Waals surface area (Å²) in [6.45, 7) is 5.20. The van der Waals surface area contributed by atoms with Gasteiger partial charge in [0, 0.05) is 24.4 Å². The molecule has 9 nitrogen and oxygen atoms in total. The summed E-state index contributed by atoms with van der Waals surface area (Å²) in [7, 11) is -3.26. The van der Waals surface area contributed by atoms with Crippen molar-refractivity contribution in [2.24, 2.45) is 0 Å². The second-order valence-corrected chi connectivity index (χ2v) is 10.3. The lowest BCUT2D eigenvalue weighted by Crippen LogP contribution is -2.25. The first kappa shape index (κ1) is 23.5. The van der Waals surface area contributed by atoms with E-state index in [1.807, 2.05) is 19.1 Å². The first-order chi connectivity index (χ1) is 16.2. The molecule has 178 valence electrons. The topological polar surface area (TPSA) is 118 Å². The third kappa shape index (κ3) is 5.45. The fraction of sp³-hybridized carbons (Fsp3) is 0.292. The van der Waals surface area contributed by atoms with Crippen molar-refractivity contribution < 1.29 is 17.9 Å². The summed E-state index contributed by atoms with van der Waals surface area (Å²) in [4.78, 5) is 17.1. The van der Waals surface area contributed by atoms with Crippen molar-refractivity contribution in [1.29, 1.82) is 0 Å². The number of carbonyl (C=O) groups excluding carboxylic acids is 1. The predicted molar refractivity (Wildman–Crippen MR) is 129 cm³/mol. The van der Waals surface area contributed by atoms with Gasteiger partial charge in [-0.3, -0.25) is 9.89 Å². The van der Waals surface area contributed by atoms with Gasteiger partial charge in [-0.2, -0.15) is 4.63 Å². The molecule has 0 bridgehead atoms. The number of unbranched alkanes of at least 4 members (excludes halogenated alkanes) is 1. The van der Waals surface area contributed by atoms with Crippen molar-refractivity contribution in [3.8, 4) is 17.1 Å². The van der Waals surface area contributed by atoms with Gasteiger partial charge in [-0.05, 0) is 62.6 Å². The number of nitrogens with one attached hydrogen (secondary N) is 2. The van der Waals surface area contributed by atoms with E-state index in [0.717, 1.165) is 30.4 Å². The van der Waals surface area contributed by atoms with E-state index in [1.165, 1.54) is 22.3 Å². The number of nitrogens with zero attached hydrogens (tertiary/aromatic N) is 3. The molecule has 34 heavy (non-hydrogen) atoms. The molecule has 2 heterocycles. The van der Waals surface area contributed by atoms with Crippen LogP contribution in [-0.4, -0.2) is 53.5 Å². The molecule has 1 amide bonds. The zero-order valence-corrected chi connectivity index (χ0v) is 20.1. The Morgan fingerprint density at radius 1 is 1.09 bits per heavy atom. The maximum absolute atomic E-state index is 12.4. The van der Waals surface area contributed by atoms with Gasteiger partial charge >= 0.3 is 0 Å². The highest BCUT2D eigenvalue weighted by Gasteiger charge is 2.14. The zero-order chi connectivity index (χ0) is 24.3. The summed E-state index contributed by atoms with van der Waals surface area (Å²) in [5, 5.41) is 10.1. The number of ether oxygens (including phenoxy) is 1. The van der Waals surface area contributed by atoms with Gasteiger partial charge in [-0.1, -0.05) is 17.7 Å². The minimum absolute atomic E-state index is 0.233. The summed E-state index contributed by atoms with van der Waals surface area (Å²) in [5.41, 5.74) is 3.86. The van der Waals surface area contributed by atoms with Gasteiger partial charge in [0.1, 0.15) is 11.4 Å². The molecular weight excluding hydrogens is 454 g/mol. The SMILES string of the molecule is Cc1ccc(OCCCCNC(=O)c2cc3nc(-c4ccc(S(C)(=O)=O)cc4)nn3[nH]2)c(C)c1. The van der Waals surface area contributed by atoms with Crippen LogP contribution in [0.25, 0.3) is 17.0 Å². The van der Waals surface area contributed by atoms with Crippen molar-refractivity contribution in [2.75, 3.05) is 19.4 Å². The van der Waals surface area contributed by atoms with Crippen molar-refractivity contribution in [3.05, 3.63) is 65.4 Å². The Kier molecular flexibility index (Phi) is 6.69. The van der Waals surface area contributed by atoms with E-state index in [1.54, 1.807) is 18.2 Å². The minimum Gasteiger partial charge on any atom is -0.493 e. The number of fused-ring (bicyclic) bond motifs is 1. The van der Waals surface area contributed by atoms with E-state index < -0.39 is 9.84 Å². The highest BCUT2D eigenvalue weighted by Crippen LogP contribution is 2.20. The monoisotopic (exact) mass is 481 g/mol. The molecule has 0 saturated heterocycles. The highest BCUT2D eigenvalue weighted by atomic mass is 32.2. The smallest absolute Gasteiger partial charge is 0.269 e. The average Bonchev–Trinajstić information content (AvgIpc) is 3.36. The van der Waals surface area contributed by atoms with Gasteiger partial charge in [0.2, 0.25) is 0 Å². The highest BCUT2D eigenvalue weighted by molar-refractivity contribution is 7.90. The Hall–Kier alpha value is -3.66. The minimum atomic E-state index is -3.26. The number of aryl methyl sites for hydroxylation is 2. The van der Waals surface area contributed by atoms with Gasteiger partial charge in [0.05, 0.1) is 11.5 Å². The number of hydrogen-bond acceptors (Lipinski definition) is 6. The Morgan fingerprint density at radius 3 is 2.53 bits per heavy atom. The first-order valence-electron chi connectivity index (χ1n) is 11.0. The molecule has 0 aliphatic rings. The standard InChI is InChI=1S/C24H27N5O4S/c1-16-6-11-21(17(2)14-16)33-13-5-4-12-25-24(30)20-15-22-26-23(28-29(22)27-20)18-7-9-19(10-8-18)34(3,31)32/h6-11,14-15,27H,4-5,12-13H2,1-3H3,(H,25,30). The van der Waals surface area contributed by atoms with E-state index in [9.17, 15) is 13.2 Å². The molecule has 4 aromatic rings. The first-order valence-corrected chi connectivity index (χ1v) is 12.8. The van der Waals surface area contributed by atoms with Crippen LogP contribution in [0.15, 0.2) is 53.4 Å². The fourth-order valence-electron chi connectivity index (χ4n) is 3.53. The quantitative estimate of drug-likeness (QED) is 0.354. The number of benzene rings is 2. The Bertz CT molecular complexity index is 1390. The lowest BCUT2D eigenvalue weighted by atomic mass is 10.1. The molecule has 0 spiro atoms.